The zero-order chi connectivity index (χ0) is 25.4. The van der Waals surface area contributed by atoms with E-state index in [0.29, 0.717) is 51.3 Å². The number of piperidine rings is 1. The highest BCUT2D eigenvalue weighted by molar-refractivity contribution is 6.00. The second-order valence-electron chi connectivity index (χ2n) is 9.94. The standard InChI is InChI=1S/C25H29F3N4O3/c1-3-25(8-9-25)30-20(33)19(16-23(2,27)28)29-22(35)31-13-10-24(11-14-31)12-15-32(21(24)34)18-6-4-17(26)5-7-18/h1,4-7,19H,8-16H2,2H3,(H,29,35)(H,30,33)/t19-/m0/s1. The van der Waals surface area contributed by atoms with Crippen molar-refractivity contribution in [1.82, 2.24) is 15.5 Å². The molecule has 3 fully saturated rings. The highest BCUT2D eigenvalue weighted by Crippen LogP contribution is 2.43. The first-order chi connectivity index (χ1) is 16.5. The van der Waals surface area contributed by atoms with Crippen LogP contribution in [0.15, 0.2) is 24.3 Å². The van der Waals surface area contributed by atoms with Crippen molar-refractivity contribution in [2.24, 2.45) is 5.41 Å². The number of halogens is 3. The van der Waals surface area contributed by atoms with Gasteiger partial charge in [0.1, 0.15) is 17.4 Å². The second kappa shape index (κ2) is 9.10. The first-order valence-electron chi connectivity index (χ1n) is 11.8. The Morgan fingerprint density at radius 1 is 1.11 bits per heavy atom. The fraction of sp³-hybridized carbons (Fsp3) is 0.560. The summed E-state index contributed by atoms with van der Waals surface area (Å²) in [6, 6.07) is 3.68. The highest BCUT2D eigenvalue weighted by atomic mass is 19.3. The van der Waals surface area contributed by atoms with E-state index in [1.54, 1.807) is 17.0 Å². The van der Waals surface area contributed by atoms with E-state index in [1.807, 2.05) is 0 Å². The van der Waals surface area contributed by atoms with Crippen LogP contribution in [0.4, 0.5) is 23.7 Å². The minimum Gasteiger partial charge on any atom is -0.338 e. The van der Waals surface area contributed by atoms with Crippen LogP contribution in [0.25, 0.3) is 0 Å². The topological polar surface area (TPSA) is 81.8 Å². The number of terminal acetylenes is 1. The molecule has 7 nitrogen and oxygen atoms in total. The molecule has 0 radical (unpaired) electrons. The highest BCUT2D eigenvalue weighted by Gasteiger charge is 2.49. The molecule has 2 N–H and O–H groups in total. The number of rotatable bonds is 6. The third kappa shape index (κ3) is 5.39. The normalized spacial score (nSPS) is 21.4. The molecule has 1 saturated carbocycles. The molecule has 10 heteroatoms. The summed E-state index contributed by atoms with van der Waals surface area (Å²) in [5.74, 6) is -1.87. The zero-order valence-corrected chi connectivity index (χ0v) is 19.6. The molecule has 2 saturated heterocycles. The predicted molar refractivity (Wildman–Crippen MR) is 123 cm³/mol. The van der Waals surface area contributed by atoms with E-state index >= 15 is 0 Å². The monoisotopic (exact) mass is 490 g/mol. The first kappa shape index (κ1) is 24.9. The van der Waals surface area contributed by atoms with E-state index in [-0.39, 0.29) is 24.8 Å². The molecule has 4 rings (SSSR count). The molecule has 0 unspecified atom stereocenters. The Balaban J connectivity index is 1.37. The number of anilines is 1. The SMILES string of the molecule is C#CC1(NC(=O)[C@H](CC(C)(F)F)NC(=O)N2CCC3(CC2)CCN(c2ccc(F)cc2)C3=O)CC1. The maximum atomic E-state index is 13.7. The summed E-state index contributed by atoms with van der Waals surface area (Å²) in [5.41, 5.74) is -0.813. The van der Waals surface area contributed by atoms with Crippen molar-refractivity contribution in [2.45, 2.75) is 63.0 Å². The molecule has 1 aromatic carbocycles. The number of urea groups is 1. The smallest absolute Gasteiger partial charge is 0.318 e. The lowest BCUT2D eigenvalue weighted by atomic mass is 9.77. The van der Waals surface area contributed by atoms with Crippen LogP contribution in [0.1, 0.15) is 45.4 Å². The molecule has 2 aliphatic heterocycles. The average molecular weight is 491 g/mol. The van der Waals surface area contributed by atoms with Crippen LogP contribution in [-0.4, -0.2) is 59.9 Å². The largest absolute Gasteiger partial charge is 0.338 e. The molecule has 1 atom stereocenters. The number of hydrogen-bond acceptors (Lipinski definition) is 3. The summed E-state index contributed by atoms with van der Waals surface area (Å²) in [6.07, 6.45) is 7.15. The molecule has 35 heavy (non-hydrogen) atoms. The number of likely N-dealkylation sites (tertiary alicyclic amines) is 1. The van der Waals surface area contributed by atoms with Gasteiger partial charge in [-0.3, -0.25) is 9.59 Å². The third-order valence-corrected chi connectivity index (χ3v) is 7.22. The summed E-state index contributed by atoms with van der Waals surface area (Å²) in [5, 5.41) is 5.05. The Morgan fingerprint density at radius 2 is 1.71 bits per heavy atom. The third-order valence-electron chi connectivity index (χ3n) is 7.22. The van der Waals surface area contributed by atoms with E-state index in [0.717, 1.165) is 0 Å². The van der Waals surface area contributed by atoms with Gasteiger partial charge < -0.3 is 20.4 Å². The van der Waals surface area contributed by atoms with E-state index in [4.69, 9.17) is 6.42 Å². The number of carbonyl (C=O) groups excluding carboxylic acids is 3. The molecule has 4 amide bonds. The number of nitrogens with zero attached hydrogens (tertiary/aromatic N) is 2. The van der Waals surface area contributed by atoms with Gasteiger partial charge in [0, 0.05) is 31.7 Å². The van der Waals surface area contributed by atoms with Crippen molar-refractivity contribution in [2.75, 3.05) is 24.5 Å². The number of nitrogens with one attached hydrogen (secondary N) is 2. The summed E-state index contributed by atoms with van der Waals surface area (Å²) >= 11 is 0. The second-order valence-corrected chi connectivity index (χ2v) is 9.94. The van der Waals surface area contributed by atoms with Crippen LogP contribution in [0, 0.1) is 23.6 Å². The van der Waals surface area contributed by atoms with Crippen LogP contribution < -0.4 is 15.5 Å². The molecular formula is C25H29F3N4O3. The van der Waals surface area contributed by atoms with Crippen molar-refractivity contribution in [3.63, 3.8) is 0 Å². The van der Waals surface area contributed by atoms with E-state index in [2.05, 4.69) is 16.6 Å². The average Bonchev–Trinajstić information content (AvgIpc) is 3.52. The van der Waals surface area contributed by atoms with E-state index < -0.39 is 41.3 Å². The lowest BCUT2D eigenvalue weighted by molar-refractivity contribution is -0.127. The number of hydrogen-bond donors (Lipinski definition) is 2. The summed E-state index contributed by atoms with van der Waals surface area (Å²) < 4.78 is 40.7. The molecular weight excluding hydrogens is 461 g/mol. The molecule has 3 aliphatic rings. The van der Waals surface area contributed by atoms with Crippen LogP contribution in [0.3, 0.4) is 0 Å². The van der Waals surface area contributed by atoms with Crippen molar-refractivity contribution in [3.05, 3.63) is 30.1 Å². The van der Waals surface area contributed by atoms with Gasteiger partial charge in [-0.2, -0.15) is 0 Å². The van der Waals surface area contributed by atoms with Gasteiger partial charge in [0.25, 0.3) is 0 Å². The molecule has 0 aromatic heterocycles. The minimum absolute atomic E-state index is 0.0592. The molecule has 0 bridgehead atoms. The van der Waals surface area contributed by atoms with Gasteiger partial charge in [-0.05, 0) is 63.3 Å². The van der Waals surface area contributed by atoms with Gasteiger partial charge in [0.2, 0.25) is 17.7 Å². The Kier molecular flexibility index (Phi) is 6.47. The van der Waals surface area contributed by atoms with Crippen molar-refractivity contribution in [1.29, 1.82) is 0 Å². The van der Waals surface area contributed by atoms with Crippen LogP contribution >= 0.6 is 0 Å². The van der Waals surface area contributed by atoms with Crippen LogP contribution in [0.5, 0.6) is 0 Å². The number of amides is 4. The quantitative estimate of drug-likeness (QED) is 0.602. The Hall–Kier alpha value is -3.22. The molecule has 1 aromatic rings. The van der Waals surface area contributed by atoms with E-state index in [1.165, 1.54) is 17.0 Å². The van der Waals surface area contributed by atoms with E-state index in [9.17, 15) is 27.6 Å². The molecule has 2 heterocycles. The maximum absolute atomic E-state index is 13.7. The van der Waals surface area contributed by atoms with Gasteiger partial charge in [-0.25, -0.2) is 18.0 Å². The van der Waals surface area contributed by atoms with Gasteiger partial charge >= 0.3 is 6.03 Å². The van der Waals surface area contributed by atoms with Gasteiger partial charge in [0.05, 0.1) is 5.41 Å². The summed E-state index contributed by atoms with van der Waals surface area (Å²) in [7, 11) is 0. The number of carbonyl (C=O) groups is 3. The van der Waals surface area contributed by atoms with Crippen molar-refractivity contribution < 1.29 is 27.6 Å². The maximum Gasteiger partial charge on any atom is 0.318 e. The van der Waals surface area contributed by atoms with Crippen LogP contribution in [0.2, 0.25) is 0 Å². The number of benzene rings is 1. The lowest BCUT2D eigenvalue weighted by Crippen LogP contribution is -2.56. The summed E-state index contributed by atoms with van der Waals surface area (Å²) in [4.78, 5) is 41.8. The predicted octanol–water partition coefficient (Wildman–Crippen LogP) is 3.05. The molecule has 188 valence electrons. The Bertz CT molecular complexity index is 1040. The number of alkyl halides is 2. The Morgan fingerprint density at radius 3 is 2.26 bits per heavy atom. The molecule has 1 aliphatic carbocycles. The fourth-order valence-corrected chi connectivity index (χ4v) is 4.85. The zero-order valence-electron chi connectivity index (χ0n) is 19.6. The first-order valence-corrected chi connectivity index (χ1v) is 11.8. The Labute approximate surface area is 202 Å². The van der Waals surface area contributed by atoms with Gasteiger partial charge in [0.15, 0.2) is 0 Å². The summed E-state index contributed by atoms with van der Waals surface area (Å²) in [6.45, 7) is 1.69. The lowest BCUT2D eigenvalue weighted by Gasteiger charge is -2.38. The van der Waals surface area contributed by atoms with Crippen molar-refractivity contribution >= 4 is 23.5 Å². The minimum atomic E-state index is -3.17. The van der Waals surface area contributed by atoms with Crippen LogP contribution in [-0.2, 0) is 9.59 Å². The molecule has 1 spiro atoms. The van der Waals surface area contributed by atoms with Gasteiger partial charge in [-0.15, -0.1) is 6.42 Å². The van der Waals surface area contributed by atoms with Gasteiger partial charge in [-0.1, -0.05) is 5.92 Å². The van der Waals surface area contributed by atoms with Crippen molar-refractivity contribution in [3.8, 4) is 12.3 Å². The fourth-order valence-electron chi connectivity index (χ4n) is 4.85.